The quantitative estimate of drug-likeness (QED) is 0.580. The Morgan fingerprint density at radius 2 is 2.20 bits per heavy atom. The van der Waals surface area contributed by atoms with E-state index in [2.05, 4.69) is 9.97 Å². The first kappa shape index (κ1) is 8.68. The summed E-state index contributed by atoms with van der Waals surface area (Å²) in [5.41, 5.74) is 3.78. The number of nitrogens with zero attached hydrogens (tertiary/aromatic N) is 3. The fourth-order valence-electron chi connectivity index (χ4n) is 1.78. The molecule has 0 fully saturated rings. The Balaban J connectivity index is 2.66. The summed E-state index contributed by atoms with van der Waals surface area (Å²) in [6, 6.07) is 6.04. The summed E-state index contributed by atoms with van der Waals surface area (Å²) in [5.74, 6) is 0. The van der Waals surface area contributed by atoms with Crippen molar-refractivity contribution in [1.29, 1.82) is 0 Å². The van der Waals surface area contributed by atoms with Crippen molar-refractivity contribution in [2.45, 2.75) is 6.92 Å². The Labute approximate surface area is 91.3 Å². The number of hydrogen-bond acceptors (Lipinski definition) is 2. The summed E-state index contributed by atoms with van der Waals surface area (Å²) < 4.78 is 1.96. The van der Waals surface area contributed by atoms with Gasteiger partial charge in [0.25, 0.3) is 0 Å². The van der Waals surface area contributed by atoms with Gasteiger partial charge in [-0.05, 0) is 18.6 Å². The van der Waals surface area contributed by atoms with Gasteiger partial charge < -0.3 is 0 Å². The molecule has 3 aromatic rings. The van der Waals surface area contributed by atoms with E-state index in [-0.39, 0.29) is 0 Å². The monoisotopic (exact) mass is 217 g/mol. The molecule has 0 bridgehead atoms. The van der Waals surface area contributed by atoms with Crippen LogP contribution in [0.3, 0.4) is 0 Å². The molecule has 0 aliphatic heterocycles. The van der Waals surface area contributed by atoms with Gasteiger partial charge in [0.05, 0.1) is 11.0 Å². The van der Waals surface area contributed by atoms with Gasteiger partial charge in [0.2, 0.25) is 0 Å². The molecule has 0 amide bonds. The van der Waals surface area contributed by atoms with E-state index in [0.717, 1.165) is 16.6 Å². The average molecular weight is 218 g/mol. The number of imidazole rings is 1. The van der Waals surface area contributed by atoms with Crippen LogP contribution in [0.25, 0.3) is 16.7 Å². The van der Waals surface area contributed by atoms with Crippen LogP contribution in [-0.4, -0.2) is 14.4 Å². The number of para-hydroxylation sites is 1. The SMILES string of the molecule is Cc1cccc2c1nc(Cl)c1nccn12. The maximum atomic E-state index is 6.05. The highest BCUT2D eigenvalue weighted by Gasteiger charge is 2.07. The van der Waals surface area contributed by atoms with E-state index in [1.807, 2.05) is 35.7 Å². The Morgan fingerprint density at radius 3 is 3.07 bits per heavy atom. The minimum absolute atomic E-state index is 0.446. The van der Waals surface area contributed by atoms with Gasteiger partial charge in [-0.1, -0.05) is 23.7 Å². The van der Waals surface area contributed by atoms with Crippen molar-refractivity contribution in [1.82, 2.24) is 14.4 Å². The molecule has 0 atom stereocenters. The lowest BCUT2D eigenvalue weighted by atomic mass is 10.2. The minimum atomic E-state index is 0.446. The second-order valence-corrected chi connectivity index (χ2v) is 3.82. The lowest BCUT2D eigenvalue weighted by Crippen LogP contribution is -1.93. The van der Waals surface area contributed by atoms with Gasteiger partial charge in [-0.2, -0.15) is 0 Å². The maximum absolute atomic E-state index is 6.05. The van der Waals surface area contributed by atoms with Crippen molar-refractivity contribution in [3.05, 3.63) is 41.3 Å². The van der Waals surface area contributed by atoms with Gasteiger partial charge >= 0.3 is 0 Å². The second-order valence-electron chi connectivity index (χ2n) is 3.47. The zero-order chi connectivity index (χ0) is 10.4. The largest absolute Gasteiger partial charge is 0.296 e. The highest BCUT2D eigenvalue weighted by molar-refractivity contribution is 6.32. The number of hydrogen-bond donors (Lipinski definition) is 0. The summed E-state index contributed by atoms with van der Waals surface area (Å²) in [5, 5.41) is 0.446. The third-order valence-corrected chi connectivity index (χ3v) is 2.76. The molecule has 0 aliphatic carbocycles. The summed E-state index contributed by atoms with van der Waals surface area (Å²) in [7, 11) is 0. The van der Waals surface area contributed by atoms with E-state index in [1.54, 1.807) is 6.20 Å². The molecule has 0 saturated carbocycles. The van der Waals surface area contributed by atoms with Crippen LogP contribution >= 0.6 is 11.6 Å². The van der Waals surface area contributed by atoms with E-state index in [9.17, 15) is 0 Å². The fraction of sp³-hybridized carbons (Fsp3) is 0.0909. The molecule has 15 heavy (non-hydrogen) atoms. The molecule has 0 saturated heterocycles. The molecule has 3 rings (SSSR count). The van der Waals surface area contributed by atoms with Crippen LogP contribution < -0.4 is 0 Å². The molecule has 1 aromatic carbocycles. The number of halogens is 1. The van der Waals surface area contributed by atoms with Crippen LogP contribution in [0.4, 0.5) is 0 Å². The van der Waals surface area contributed by atoms with Gasteiger partial charge in [-0.15, -0.1) is 0 Å². The zero-order valence-corrected chi connectivity index (χ0v) is 8.86. The lowest BCUT2D eigenvalue weighted by molar-refractivity contribution is 1.20. The van der Waals surface area contributed by atoms with Gasteiger partial charge in [0, 0.05) is 12.4 Å². The molecular weight excluding hydrogens is 210 g/mol. The van der Waals surface area contributed by atoms with Gasteiger partial charge in [-0.3, -0.25) is 4.40 Å². The normalized spacial score (nSPS) is 11.3. The standard InChI is InChI=1S/C11H8ClN3/c1-7-3-2-4-8-9(7)14-10(12)11-13-5-6-15(8)11/h2-6H,1H3. The van der Waals surface area contributed by atoms with Crippen LogP contribution in [0.2, 0.25) is 5.15 Å². The van der Waals surface area contributed by atoms with Gasteiger partial charge in [0.1, 0.15) is 0 Å². The maximum Gasteiger partial charge on any atom is 0.175 e. The molecule has 0 N–H and O–H groups in total. The van der Waals surface area contributed by atoms with E-state index >= 15 is 0 Å². The van der Waals surface area contributed by atoms with Crippen molar-refractivity contribution in [2.24, 2.45) is 0 Å². The number of aromatic nitrogens is 3. The van der Waals surface area contributed by atoms with E-state index in [4.69, 9.17) is 11.6 Å². The molecule has 0 unspecified atom stereocenters. The lowest BCUT2D eigenvalue weighted by Gasteiger charge is -2.04. The predicted octanol–water partition coefficient (Wildman–Crippen LogP) is 2.84. The first-order chi connectivity index (χ1) is 7.27. The van der Waals surface area contributed by atoms with Crippen LogP contribution in [0.1, 0.15) is 5.56 Å². The van der Waals surface area contributed by atoms with Crippen molar-refractivity contribution in [3.8, 4) is 0 Å². The molecule has 4 heteroatoms. The van der Waals surface area contributed by atoms with Gasteiger partial charge in [-0.25, -0.2) is 9.97 Å². The number of benzene rings is 1. The van der Waals surface area contributed by atoms with Crippen LogP contribution in [0.15, 0.2) is 30.6 Å². The highest BCUT2D eigenvalue weighted by atomic mass is 35.5. The van der Waals surface area contributed by atoms with Crippen molar-refractivity contribution in [3.63, 3.8) is 0 Å². The first-order valence-corrected chi connectivity index (χ1v) is 5.03. The molecule has 2 aromatic heterocycles. The molecule has 0 aliphatic rings. The van der Waals surface area contributed by atoms with Gasteiger partial charge in [0.15, 0.2) is 10.8 Å². The van der Waals surface area contributed by atoms with Crippen molar-refractivity contribution < 1.29 is 0 Å². The predicted molar refractivity (Wildman–Crippen MR) is 60.2 cm³/mol. The van der Waals surface area contributed by atoms with E-state index in [0.29, 0.717) is 10.8 Å². The van der Waals surface area contributed by atoms with Crippen molar-refractivity contribution in [2.75, 3.05) is 0 Å². The fourth-order valence-corrected chi connectivity index (χ4v) is 2.01. The smallest absolute Gasteiger partial charge is 0.175 e. The first-order valence-electron chi connectivity index (χ1n) is 4.65. The number of aryl methyl sites for hydroxylation is 1. The molecule has 2 heterocycles. The third kappa shape index (κ3) is 1.13. The van der Waals surface area contributed by atoms with Crippen LogP contribution in [-0.2, 0) is 0 Å². The minimum Gasteiger partial charge on any atom is -0.296 e. The third-order valence-electron chi connectivity index (χ3n) is 2.51. The summed E-state index contributed by atoms with van der Waals surface area (Å²) >= 11 is 6.05. The topological polar surface area (TPSA) is 30.2 Å². The van der Waals surface area contributed by atoms with E-state index < -0.39 is 0 Å². The molecular formula is C11H8ClN3. The van der Waals surface area contributed by atoms with Crippen molar-refractivity contribution >= 4 is 28.3 Å². The Morgan fingerprint density at radius 1 is 1.33 bits per heavy atom. The zero-order valence-electron chi connectivity index (χ0n) is 8.11. The summed E-state index contributed by atoms with van der Waals surface area (Å²) in [6.45, 7) is 2.02. The Hall–Kier alpha value is -1.61. The molecule has 3 nitrogen and oxygen atoms in total. The van der Waals surface area contributed by atoms with Crippen LogP contribution in [0, 0.1) is 6.92 Å². The van der Waals surface area contributed by atoms with Crippen LogP contribution in [0.5, 0.6) is 0 Å². The average Bonchev–Trinajstić information content (AvgIpc) is 2.69. The van der Waals surface area contributed by atoms with E-state index in [1.165, 1.54) is 0 Å². The molecule has 74 valence electrons. The number of fused-ring (bicyclic) bond motifs is 3. The summed E-state index contributed by atoms with van der Waals surface area (Å²) in [4.78, 5) is 8.52. The summed E-state index contributed by atoms with van der Waals surface area (Å²) in [6.07, 6.45) is 3.62. The Bertz CT molecular complexity index is 657. The molecule has 0 spiro atoms. The Kier molecular flexibility index (Phi) is 1.70. The molecule has 0 radical (unpaired) electrons. The second kappa shape index (κ2) is 2.94. The highest BCUT2D eigenvalue weighted by Crippen LogP contribution is 2.22. The number of rotatable bonds is 0.